The van der Waals surface area contributed by atoms with Crippen molar-refractivity contribution >= 4 is 5.82 Å². The third-order valence-electron chi connectivity index (χ3n) is 3.01. The second kappa shape index (κ2) is 6.32. The number of ether oxygens (including phenoxy) is 1. The van der Waals surface area contributed by atoms with Crippen LogP contribution >= 0.6 is 0 Å². The van der Waals surface area contributed by atoms with E-state index in [0.717, 1.165) is 22.9 Å². The summed E-state index contributed by atoms with van der Waals surface area (Å²) in [4.78, 5) is 13.3. The fourth-order valence-electron chi connectivity index (χ4n) is 1.84. The highest BCUT2D eigenvalue weighted by Gasteiger charge is 2.08. The van der Waals surface area contributed by atoms with Gasteiger partial charge in [-0.05, 0) is 11.5 Å². The first kappa shape index (κ1) is 14.2. The molecule has 0 unspecified atom stereocenters. The van der Waals surface area contributed by atoms with Crippen molar-refractivity contribution in [2.24, 2.45) is 0 Å². The van der Waals surface area contributed by atoms with E-state index >= 15 is 0 Å². The van der Waals surface area contributed by atoms with Gasteiger partial charge in [-0.1, -0.05) is 19.9 Å². The maximum atomic E-state index is 5.05. The number of nitrogens with zero attached hydrogens (tertiary/aromatic N) is 3. The summed E-state index contributed by atoms with van der Waals surface area (Å²) in [6.45, 7) is 4.25. The van der Waals surface area contributed by atoms with Crippen LogP contribution in [0, 0.1) is 0 Å². The van der Waals surface area contributed by atoms with Crippen molar-refractivity contribution in [3.63, 3.8) is 0 Å². The number of rotatable bonds is 5. The molecule has 5 nitrogen and oxygen atoms in total. The summed E-state index contributed by atoms with van der Waals surface area (Å²) < 4.78 is 5.05. The summed E-state index contributed by atoms with van der Waals surface area (Å²) >= 11 is 0. The third-order valence-corrected chi connectivity index (χ3v) is 3.01. The van der Waals surface area contributed by atoms with E-state index < -0.39 is 0 Å². The van der Waals surface area contributed by atoms with E-state index in [2.05, 4.69) is 34.1 Å². The first-order chi connectivity index (χ1) is 9.62. The molecule has 2 aromatic rings. The zero-order valence-electron chi connectivity index (χ0n) is 12.3. The van der Waals surface area contributed by atoms with E-state index in [1.807, 2.05) is 25.2 Å². The molecule has 0 saturated heterocycles. The first-order valence-corrected chi connectivity index (χ1v) is 6.67. The fraction of sp³-hybridized carbons (Fsp3) is 0.400. The van der Waals surface area contributed by atoms with E-state index in [4.69, 9.17) is 4.74 Å². The van der Waals surface area contributed by atoms with Crippen molar-refractivity contribution in [3.8, 4) is 5.88 Å². The maximum Gasteiger partial charge on any atom is 0.212 e. The highest BCUT2D eigenvalue weighted by Crippen LogP contribution is 2.17. The van der Waals surface area contributed by atoms with Crippen LogP contribution in [0.1, 0.15) is 36.8 Å². The molecule has 2 rings (SSSR count). The summed E-state index contributed by atoms with van der Waals surface area (Å²) in [5, 5.41) is 3.08. The largest absolute Gasteiger partial charge is 0.481 e. The lowest BCUT2D eigenvalue weighted by Crippen LogP contribution is -2.05. The molecule has 5 heteroatoms. The van der Waals surface area contributed by atoms with Crippen LogP contribution in [0.5, 0.6) is 5.88 Å². The Kier molecular flexibility index (Phi) is 4.50. The van der Waals surface area contributed by atoms with Crippen LogP contribution in [0.15, 0.2) is 24.4 Å². The molecule has 0 aliphatic rings. The van der Waals surface area contributed by atoms with E-state index in [1.54, 1.807) is 13.3 Å². The van der Waals surface area contributed by atoms with E-state index in [9.17, 15) is 0 Å². The molecule has 0 spiro atoms. The van der Waals surface area contributed by atoms with Crippen LogP contribution in [0.25, 0.3) is 0 Å². The molecule has 0 bridgehead atoms. The van der Waals surface area contributed by atoms with Gasteiger partial charge in [-0.2, -0.15) is 0 Å². The maximum absolute atomic E-state index is 5.05. The fourth-order valence-corrected chi connectivity index (χ4v) is 1.84. The van der Waals surface area contributed by atoms with Crippen molar-refractivity contribution in [1.82, 2.24) is 15.0 Å². The van der Waals surface area contributed by atoms with Crippen molar-refractivity contribution < 1.29 is 4.74 Å². The van der Waals surface area contributed by atoms with Gasteiger partial charge in [0.05, 0.1) is 7.11 Å². The average Bonchev–Trinajstić information content (AvgIpc) is 2.47. The molecule has 0 aliphatic heterocycles. The number of aromatic nitrogens is 3. The first-order valence-electron chi connectivity index (χ1n) is 6.67. The molecule has 2 aromatic heterocycles. The van der Waals surface area contributed by atoms with Gasteiger partial charge in [-0.15, -0.1) is 0 Å². The molecule has 2 heterocycles. The summed E-state index contributed by atoms with van der Waals surface area (Å²) in [5.41, 5.74) is 2.11. The molecular formula is C15H20N4O. The van der Waals surface area contributed by atoms with Crippen molar-refractivity contribution in [1.29, 1.82) is 0 Å². The monoisotopic (exact) mass is 272 g/mol. The molecule has 0 fully saturated rings. The number of nitrogens with one attached hydrogen (secondary N) is 1. The molecule has 0 atom stereocenters. The van der Waals surface area contributed by atoms with Gasteiger partial charge < -0.3 is 10.1 Å². The lowest BCUT2D eigenvalue weighted by atomic mass is 10.1. The van der Waals surface area contributed by atoms with Crippen LogP contribution in [0.2, 0.25) is 0 Å². The second-order valence-electron chi connectivity index (χ2n) is 4.88. The molecule has 0 aromatic carbocycles. The number of hydrogen-bond acceptors (Lipinski definition) is 5. The highest BCUT2D eigenvalue weighted by molar-refractivity contribution is 5.36. The van der Waals surface area contributed by atoms with Gasteiger partial charge in [-0.3, -0.25) is 0 Å². The summed E-state index contributed by atoms with van der Waals surface area (Å²) in [7, 11) is 3.47. The zero-order chi connectivity index (χ0) is 14.5. The van der Waals surface area contributed by atoms with Crippen LogP contribution < -0.4 is 10.1 Å². The second-order valence-corrected chi connectivity index (χ2v) is 4.88. The van der Waals surface area contributed by atoms with Gasteiger partial charge >= 0.3 is 0 Å². The standard InChI is InChI=1S/C15H20N4O/c1-10(2)12-8-13(16-3)19-14(18-12)7-11-5-6-15(20-4)17-9-11/h5-6,8-10H,7H2,1-4H3,(H,16,18,19). The molecule has 0 amide bonds. The predicted octanol–water partition coefficient (Wildman–Crippen LogP) is 2.64. The van der Waals surface area contributed by atoms with Crippen LogP contribution in [0.3, 0.4) is 0 Å². The van der Waals surface area contributed by atoms with Gasteiger partial charge in [0, 0.05) is 37.5 Å². The van der Waals surface area contributed by atoms with E-state index in [-0.39, 0.29) is 0 Å². The Labute approximate surface area is 119 Å². The Bertz CT molecular complexity index is 567. The number of anilines is 1. The average molecular weight is 272 g/mol. The number of hydrogen-bond donors (Lipinski definition) is 1. The highest BCUT2D eigenvalue weighted by atomic mass is 16.5. The molecule has 0 aliphatic carbocycles. The van der Waals surface area contributed by atoms with Gasteiger partial charge in [0.15, 0.2) is 0 Å². The van der Waals surface area contributed by atoms with Gasteiger partial charge in [0.1, 0.15) is 11.6 Å². The molecule has 1 N–H and O–H groups in total. The number of pyridine rings is 1. The normalized spacial score (nSPS) is 10.7. The zero-order valence-corrected chi connectivity index (χ0v) is 12.3. The molecule has 0 saturated carbocycles. The van der Waals surface area contributed by atoms with E-state index in [0.29, 0.717) is 18.2 Å². The van der Waals surface area contributed by atoms with Gasteiger partial charge in [0.25, 0.3) is 0 Å². The molecule has 20 heavy (non-hydrogen) atoms. The Morgan fingerprint density at radius 1 is 1.25 bits per heavy atom. The lowest BCUT2D eigenvalue weighted by Gasteiger charge is -2.10. The predicted molar refractivity (Wildman–Crippen MR) is 79.3 cm³/mol. The number of methoxy groups -OCH3 is 1. The molecule has 106 valence electrons. The topological polar surface area (TPSA) is 59.9 Å². The van der Waals surface area contributed by atoms with Crippen LogP contribution in [0.4, 0.5) is 5.82 Å². The quantitative estimate of drug-likeness (QED) is 0.906. The third kappa shape index (κ3) is 3.44. The minimum atomic E-state index is 0.373. The van der Waals surface area contributed by atoms with Crippen LogP contribution in [-0.2, 0) is 6.42 Å². The lowest BCUT2D eigenvalue weighted by molar-refractivity contribution is 0.397. The van der Waals surface area contributed by atoms with Crippen LogP contribution in [-0.4, -0.2) is 29.1 Å². The van der Waals surface area contributed by atoms with Gasteiger partial charge in [-0.25, -0.2) is 15.0 Å². The van der Waals surface area contributed by atoms with Crippen molar-refractivity contribution in [2.45, 2.75) is 26.2 Å². The van der Waals surface area contributed by atoms with Crippen molar-refractivity contribution in [2.75, 3.05) is 19.5 Å². The van der Waals surface area contributed by atoms with Gasteiger partial charge in [0.2, 0.25) is 5.88 Å². The summed E-state index contributed by atoms with van der Waals surface area (Å²) in [6, 6.07) is 5.82. The summed E-state index contributed by atoms with van der Waals surface area (Å²) in [6.07, 6.45) is 2.45. The SMILES string of the molecule is CNc1cc(C(C)C)nc(Cc2ccc(OC)nc2)n1. The summed E-state index contributed by atoms with van der Waals surface area (Å²) in [5.74, 6) is 2.63. The van der Waals surface area contributed by atoms with Crippen molar-refractivity contribution in [3.05, 3.63) is 41.5 Å². The smallest absolute Gasteiger partial charge is 0.212 e. The molecular weight excluding hydrogens is 252 g/mol. The Balaban J connectivity index is 2.24. The Morgan fingerprint density at radius 2 is 2.05 bits per heavy atom. The minimum absolute atomic E-state index is 0.373. The molecule has 0 radical (unpaired) electrons. The minimum Gasteiger partial charge on any atom is -0.481 e. The Hall–Kier alpha value is -2.17. The Morgan fingerprint density at radius 3 is 2.60 bits per heavy atom. The van der Waals surface area contributed by atoms with E-state index in [1.165, 1.54) is 0 Å².